The van der Waals surface area contributed by atoms with E-state index in [1.54, 1.807) is 22.9 Å². The highest BCUT2D eigenvalue weighted by Crippen LogP contribution is 2.21. The molecule has 0 fully saturated rings. The van der Waals surface area contributed by atoms with Gasteiger partial charge in [-0.2, -0.15) is 0 Å². The van der Waals surface area contributed by atoms with Crippen LogP contribution in [0.2, 0.25) is 5.02 Å². The van der Waals surface area contributed by atoms with Crippen molar-refractivity contribution < 1.29 is 9.90 Å². The van der Waals surface area contributed by atoms with Gasteiger partial charge in [0.1, 0.15) is 0 Å². The van der Waals surface area contributed by atoms with Gasteiger partial charge in [0.15, 0.2) is 5.43 Å². The van der Waals surface area contributed by atoms with Gasteiger partial charge in [0.05, 0.1) is 11.9 Å². The number of hydrogen-bond donors (Lipinski definition) is 1. The molecule has 0 aliphatic heterocycles. The third-order valence-corrected chi connectivity index (χ3v) is 3.23. The van der Waals surface area contributed by atoms with Crippen molar-refractivity contribution in [2.75, 3.05) is 0 Å². The molecule has 0 saturated heterocycles. The Hall–Kier alpha value is -1.81. The molecule has 0 saturated carbocycles. The first-order valence-corrected chi connectivity index (χ1v) is 5.88. The quantitative estimate of drug-likeness (QED) is 0.927. The second kappa shape index (κ2) is 4.82. The number of carbonyl (C=O) groups is 1. The van der Waals surface area contributed by atoms with Gasteiger partial charge in [0.25, 0.3) is 0 Å². The molecule has 0 atom stereocenters. The van der Waals surface area contributed by atoms with Crippen LogP contribution in [-0.4, -0.2) is 15.6 Å². The summed E-state index contributed by atoms with van der Waals surface area (Å²) in [4.78, 5) is 22.4. The Bertz CT molecular complexity index is 676. The normalized spacial score (nSPS) is 10.8. The van der Waals surface area contributed by atoms with Crippen molar-refractivity contribution in [3.63, 3.8) is 0 Å². The Kier molecular flexibility index (Phi) is 3.39. The molecule has 0 bridgehead atoms. The summed E-state index contributed by atoms with van der Waals surface area (Å²) in [6.45, 7) is 2.14. The van der Waals surface area contributed by atoms with Gasteiger partial charge in [-0.3, -0.25) is 9.59 Å². The predicted octanol–water partition coefficient (Wildman–Crippen LogP) is 2.44. The van der Waals surface area contributed by atoms with Crippen LogP contribution >= 0.6 is 11.6 Å². The molecule has 0 aliphatic rings. The van der Waals surface area contributed by atoms with E-state index in [-0.39, 0.29) is 11.8 Å². The fourth-order valence-electron chi connectivity index (χ4n) is 1.84. The SMILES string of the molecule is Cc1cc2c(=O)ccn(CCC(=O)O)c2cc1Cl. The van der Waals surface area contributed by atoms with Gasteiger partial charge in [-0.1, -0.05) is 11.6 Å². The number of halogens is 1. The molecule has 18 heavy (non-hydrogen) atoms. The summed E-state index contributed by atoms with van der Waals surface area (Å²) >= 11 is 6.04. The summed E-state index contributed by atoms with van der Waals surface area (Å²) in [6.07, 6.45) is 1.60. The van der Waals surface area contributed by atoms with Gasteiger partial charge in [0.2, 0.25) is 0 Å². The molecule has 0 spiro atoms. The molecule has 4 nitrogen and oxygen atoms in total. The van der Waals surface area contributed by atoms with Crippen molar-refractivity contribution in [1.82, 2.24) is 4.57 Å². The minimum atomic E-state index is -0.875. The summed E-state index contributed by atoms with van der Waals surface area (Å²) in [5.74, 6) is -0.875. The van der Waals surface area contributed by atoms with Crippen LogP contribution in [0.1, 0.15) is 12.0 Å². The highest BCUT2D eigenvalue weighted by atomic mass is 35.5. The number of fused-ring (bicyclic) bond motifs is 1. The van der Waals surface area contributed by atoms with Gasteiger partial charge < -0.3 is 9.67 Å². The standard InChI is InChI=1S/C13H12ClNO3/c1-8-6-9-11(7-10(8)14)15(4-2-12(9)16)5-3-13(17)18/h2,4,6-7H,3,5H2,1H3,(H,17,18). The van der Waals surface area contributed by atoms with E-state index in [1.807, 2.05) is 6.92 Å². The van der Waals surface area contributed by atoms with Crippen LogP contribution < -0.4 is 5.43 Å². The summed E-state index contributed by atoms with van der Waals surface area (Å²) in [5, 5.41) is 9.83. The van der Waals surface area contributed by atoms with Crippen LogP contribution in [-0.2, 0) is 11.3 Å². The van der Waals surface area contributed by atoms with Gasteiger partial charge in [-0.15, -0.1) is 0 Å². The Morgan fingerprint density at radius 2 is 2.17 bits per heavy atom. The lowest BCUT2D eigenvalue weighted by molar-refractivity contribution is -0.137. The lowest BCUT2D eigenvalue weighted by atomic mass is 10.1. The van der Waals surface area contributed by atoms with E-state index in [1.165, 1.54) is 6.07 Å². The van der Waals surface area contributed by atoms with Crippen molar-refractivity contribution >= 4 is 28.5 Å². The number of rotatable bonds is 3. The van der Waals surface area contributed by atoms with E-state index in [0.717, 1.165) is 5.56 Å². The average Bonchev–Trinajstić information content (AvgIpc) is 2.31. The summed E-state index contributed by atoms with van der Waals surface area (Å²) in [5.41, 5.74) is 1.41. The molecule has 1 heterocycles. The second-order valence-electron chi connectivity index (χ2n) is 4.14. The predicted molar refractivity (Wildman–Crippen MR) is 70.2 cm³/mol. The van der Waals surface area contributed by atoms with Crippen LogP contribution in [0.25, 0.3) is 10.9 Å². The molecule has 0 amide bonds. The summed E-state index contributed by atoms with van der Waals surface area (Å²) < 4.78 is 1.73. The van der Waals surface area contributed by atoms with E-state index in [2.05, 4.69) is 0 Å². The summed E-state index contributed by atoms with van der Waals surface area (Å²) in [6, 6.07) is 4.88. The number of carboxylic acid groups (broad SMARTS) is 1. The minimum absolute atomic E-state index is 0.00344. The number of carboxylic acids is 1. The number of aliphatic carboxylic acids is 1. The number of aromatic nitrogens is 1. The highest BCUT2D eigenvalue weighted by Gasteiger charge is 2.07. The number of nitrogens with zero attached hydrogens (tertiary/aromatic N) is 1. The zero-order valence-corrected chi connectivity index (χ0v) is 10.6. The highest BCUT2D eigenvalue weighted by molar-refractivity contribution is 6.32. The molecule has 1 aromatic carbocycles. The smallest absolute Gasteiger partial charge is 0.305 e. The fourth-order valence-corrected chi connectivity index (χ4v) is 2.00. The minimum Gasteiger partial charge on any atom is -0.481 e. The maximum Gasteiger partial charge on any atom is 0.305 e. The number of pyridine rings is 1. The zero-order valence-electron chi connectivity index (χ0n) is 9.81. The Labute approximate surface area is 108 Å². The molecule has 1 aromatic heterocycles. The Balaban J connectivity index is 2.61. The first-order chi connectivity index (χ1) is 8.49. The Morgan fingerprint density at radius 3 is 2.83 bits per heavy atom. The number of benzene rings is 1. The van der Waals surface area contributed by atoms with Gasteiger partial charge in [-0.25, -0.2) is 0 Å². The number of hydrogen-bond acceptors (Lipinski definition) is 2. The molecule has 1 N–H and O–H groups in total. The molecule has 2 aromatic rings. The fraction of sp³-hybridized carbons (Fsp3) is 0.231. The van der Waals surface area contributed by atoms with E-state index >= 15 is 0 Å². The van der Waals surface area contributed by atoms with Crippen LogP contribution in [0.15, 0.2) is 29.2 Å². The lowest BCUT2D eigenvalue weighted by Crippen LogP contribution is -2.10. The molecule has 0 aliphatic carbocycles. The molecule has 0 unspecified atom stereocenters. The van der Waals surface area contributed by atoms with Crippen LogP contribution in [0.3, 0.4) is 0 Å². The molecule has 2 rings (SSSR count). The molecular formula is C13H12ClNO3. The largest absolute Gasteiger partial charge is 0.481 e. The van der Waals surface area contributed by atoms with Crippen LogP contribution in [0, 0.1) is 6.92 Å². The zero-order chi connectivity index (χ0) is 13.3. The second-order valence-corrected chi connectivity index (χ2v) is 4.54. The average molecular weight is 266 g/mol. The lowest BCUT2D eigenvalue weighted by Gasteiger charge is -2.10. The topological polar surface area (TPSA) is 59.3 Å². The third kappa shape index (κ3) is 2.38. The third-order valence-electron chi connectivity index (χ3n) is 2.82. The van der Waals surface area contributed by atoms with Gasteiger partial charge in [0, 0.05) is 29.2 Å². The van der Waals surface area contributed by atoms with Crippen molar-refractivity contribution in [3.05, 3.63) is 45.2 Å². The van der Waals surface area contributed by atoms with Crippen molar-refractivity contribution in [2.45, 2.75) is 19.9 Å². The molecular weight excluding hydrogens is 254 g/mol. The van der Waals surface area contributed by atoms with Gasteiger partial charge in [-0.05, 0) is 24.6 Å². The first kappa shape index (κ1) is 12.6. The van der Waals surface area contributed by atoms with E-state index in [9.17, 15) is 9.59 Å². The van der Waals surface area contributed by atoms with Gasteiger partial charge >= 0.3 is 5.97 Å². The molecule has 0 radical (unpaired) electrons. The van der Waals surface area contributed by atoms with E-state index in [4.69, 9.17) is 16.7 Å². The van der Waals surface area contributed by atoms with Crippen LogP contribution in [0.4, 0.5) is 0 Å². The maximum atomic E-state index is 11.8. The van der Waals surface area contributed by atoms with E-state index < -0.39 is 5.97 Å². The molecule has 94 valence electrons. The van der Waals surface area contributed by atoms with Crippen molar-refractivity contribution in [3.8, 4) is 0 Å². The maximum absolute atomic E-state index is 11.8. The first-order valence-electron chi connectivity index (χ1n) is 5.50. The Morgan fingerprint density at radius 1 is 1.44 bits per heavy atom. The van der Waals surface area contributed by atoms with Crippen molar-refractivity contribution in [2.24, 2.45) is 0 Å². The number of aryl methyl sites for hydroxylation is 2. The van der Waals surface area contributed by atoms with Crippen molar-refractivity contribution in [1.29, 1.82) is 0 Å². The summed E-state index contributed by atoms with van der Waals surface area (Å²) in [7, 11) is 0. The molecule has 5 heteroatoms. The van der Waals surface area contributed by atoms with E-state index in [0.29, 0.717) is 22.5 Å². The monoisotopic (exact) mass is 265 g/mol. The van der Waals surface area contributed by atoms with Crippen LogP contribution in [0.5, 0.6) is 0 Å².